The van der Waals surface area contributed by atoms with Crippen LogP contribution in [0.3, 0.4) is 0 Å². The molecule has 1 rings (SSSR count). The Hall–Kier alpha value is -1.50. The average Bonchev–Trinajstić information content (AvgIpc) is 2.69. The SMILES string of the molecule is CSCC(=O)N[C@H](Cc1cnc[nH]1)C(=O)O. The maximum atomic E-state index is 11.3. The van der Waals surface area contributed by atoms with E-state index in [1.807, 2.05) is 0 Å². The minimum atomic E-state index is -1.05. The van der Waals surface area contributed by atoms with Crippen molar-refractivity contribution in [1.82, 2.24) is 15.3 Å². The van der Waals surface area contributed by atoms with Gasteiger partial charge in [-0.05, 0) is 6.26 Å². The fourth-order valence-electron chi connectivity index (χ4n) is 1.18. The molecular formula is C9H13N3O3S. The summed E-state index contributed by atoms with van der Waals surface area (Å²) >= 11 is 1.35. The summed E-state index contributed by atoms with van der Waals surface area (Å²) in [5, 5.41) is 11.4. The summed E-state index contributed by atoms with van der Waals surface area (Å²) in [6.07, 6.45) is 4.99. The molecule has 3 N–H and O–H groups in total. The van der Waals surface area contributed by atoms with Gasteiger partial charge in [-0.3, -0.25) is 4.79 Å². The van der Waals surface area contributed by atoms with E-state index in [1.165, 1.54) is 24.3 Å². The van der Waals surface area contributed by atoms with Crippen LogP contribution in [0.1, 0.15) is 5.69 Å². The number of rotatable bonds is 6. The van der Waals surface area contributed by atoms with Gasteiger partial charge in [-0.2, -0.15) is 11.8 Å². The molecule has 88 valence electrons. The Morgan fingerprint density at radius 3 is 2.94 bits per heavy atom. The molecule has 1 aromatic heterocycles. The van der Waals surface area contributed by atoms with Crippen molar-refractivity contribution in [2.45, 2.75) is 12.5 Å². The number of carbonyl (C=O) groups is 2. The van der Waals surface area contributed by atoms with Crippen LogP contribution in [0.4, 0.5) is 0 Å². The Morgan fingerprint density at radius 1 is 1.69 bits per heavy atom. The first-order valence-corrected chi connectivity index (χ1v) is 6.01. The van der Waals surface area contributed by atoms with E-state index < -0.39 is 12.0 Å². The number of nitrogens with zero attached hydrogens (tertiary/aromatic N) is 1. The van der Waals surface area contributed by atoms with Crippen LogP contribution >= 0.6 is 11.8 Å². The molecule has 7 heteroatoms. The van der Waals surface area contributed by atoms with E-state index in [9.17, 15) is 9.59 Å². The van der Waals surface area contributed by atoms with Crippen molar-refractivity contribution >= 4 is 23.6 Å². The Balaban J connectivity index is 2.54. The first-order valence-electron chi connectivity index (χ1n) is 4.62. The lowest BCUT2D eigenvalue weighted by Crippen LogP contribution is -2.43. The van der Waals surface area contributed by atoms with Crippen molar-refractivity contribution in [3.63, 3.8) is 0 Å². The molecule has 0 spiro atoms. The molecule has 6 nitrogen and oxygen atoms in total. The number of hydrogen-bond acceptors (Lipinski definition) is 4. The highest BCUT2D eigenvalue weighted by atomic mass is 32.2. The summed E-state index contributed by atoms with van der Waals surface area (Å²) in [5.41, 5.74) is 0.678. The fraction of sp³-hybridized carbons (Fsp3) is 0.444. The second kappa shape index (κ2) is 6.16. The maximum Gasteiger partial charge on any atom is 0.326 e. The summed E-state index contributed by atoms with van der Waals surface area (Å²) in [6, 6.07) is -0.917. The Morgan fingerprint density at radius 2 is 2.44 bits per heavy atom. The zero-order valence-electron chi connectivity index (χ0n) is 8.77. The molecule has 0 saturated carbocycles. The lowest BCUT2D eigenvalue weighted by Gasteiger charge is -2.12. The van der Waals surface area contributed by atoms with Gasteiger partial charge in [0.05, 0.1) is 12.1 Å². The van der Waals surface area contributed by atoms with Crippen LogP contribution in [0.2, 0.25) is 0 Å². The zero-order chi connectivity index (χ0) is 12.0. The van der Waals surface area contributed by atoms with Crippen LogP contribution in [-0.2, 0) is 16.0 Å². The predicted octanol–water partition coefficient (Wildman–Crippen LogP) is -0.115. The number of thioether (sulfide) groups is 1. The number of nitrogens with one attached hydrogen (secondary N) is 2. The molecule has 0 aliphatic carbocycles. The molecule has 0 bridgehead atoms. The van der Waals surface area contributed by atoms with Crippen molar-refractivity contribution in [1.29, 1.82) is 0 Å². The van der Waals surface area contributed by atoms with Gasteiger partial charge in [-0.15, -0.1) is 0 Å². The summed E-state index contributed by atoms with van der Waals surface area (Å²) in [6.45, 7) is 0. The molecule has 0 aliphatic rings. The third-order valence-corrected chi connectivity index (χ3v) is 2.44. The van der Waals surface area contributed by atoms with Crippen LogP contribution in [0, 0.1) is 0 Å². The second-order valence-electron chi connectivity index (χ2n) is 3.17. The molecule has 1 amide bonds. The van der Waals surface area contributed by atoms with Gasteiger partial charge in [0, 0.05) is 18.3 Å². The number of imidazole rings is 1. The third-order valence-electron chi connectivity index (χ3n) is 1.89. The molecule has 1 atom stereocenters. The van der Waals surface area contributed by atoms with Gasteiger partial charge in [0.15, 0.2) is 0 Å². The molecule has 0 saturated heterocycles. The van der Waals surface area contributed by atoms with Crippen molar-refractivity contribution in [3.8, 4) is 0 Å². The predicted molar refractivity (Wildman–Crippen MR) is 60.2 cm³/mol. The standard InChI is InChI=1S/C9H13N3O3S/c1-16-4-8(13)12-7(9(14)15)2-6-3-10-5-11-6/h3,5,7H,2,4H2,1H3,(H,10,11)(H,12,13)(H,14,15)/t7-/m1/s1. The van der Waals surface area contributed by atoms with E-state index in [0.29, 0.717) is 5.69 Å². The van der Waals surface area contributed by atoms with E-state index in [4.69, 9.17) is 5.11 Å². The number of carboxylic acids is 1. The van der Waals surface area contributed by atoms with Gasteiger partial charge >= 0.3 is 5.97 Å². The number of aromatic nitrogens is 2. The number of amides is 1. The van der Waals surface area contributed by atoms with Crippen LogP contribution in [0.5, 0.6) is 0 Å². The van der Waals surface area contributed by atoms with E-state index in [1.54, 1.807) is 6.26 Å². The molecular weight excluding hydrogens is 230 g/mol. The van der Waals surface area contributed by atoms with E-state index in [-0.39, 0.29) is 18.1 Å². The number of aromatic amines is 1. The first kappa shape index (κ1) is 12.6. The third kappa shape index (κ3) is 3.93. The Labute approximate surface area is 96.8 Å². The molecule has 0 aliphatic heterocycles. The van der Waals surface area contributed by atoms with Gasteiger partial charge in [0.2, 0.25) is 5.91 Å². The zero-order valence-corrected chi connectivity index (χ0v) is 9.58. The van der Waals surface area contributed by atoms with Crippen LogP contribution < -0.4 is 5.32 Å². The summed E-state index contributed by atoms with van der Waals surface area (Å²) in [7, 11) is 0. The summed E-state index contributed by atoms with van der Waals surface area (Å²) < 4.78 is 0. The van der Waals surface area contributed by atoms with E-state index in [0.717, 1.165) is 0 Å². The topological polar surface area (TPSA) is 95.1 Å². The Kier molecular flexibility index (Phi) is 4.84. The van der Waals surface area contributed by atoms with Crippen molar-refractivity contribution in [2.24, 2.45) is 0 Å². The van der Waals surface area contributed by atoms with Crippen LogP contribution in [0.25, 0.3) is 0 Å². The van der Waals surface area contributed by atoms with Gasteiger partial charge in [0.1, 0.15) is 6.04 Å². The Bertz CT molecular complexity index is 353. The molecule has 1 heterocycles. The molecule has 0 aromatic carbocycles. The lowest BCUT2D eigenvalue weighted by molar-refractivity contribution is -0.141. The van der Waals surface area contributed by atoms with Crippen LogP contribution in [0.15, 0.2) is 12.5 Å². The lowest BCUT2D eigenvalue weighted by atomic mass is 10.1. The van der Waals surface area contributed by atoms with Gasteiger partial charge in [-0.25, -0.2) is 9.78 Å². The number of aliphatic carboxylic acids is 1. The summed E-state index contributed by atoms with van der Waals surface area (Å²) in [4.78, 5) is 28.8. The number of carbonyl (C=O) groups excluding carboxylic acids is 1. The van der Waals surface area contributed by atoms with E-state index in [2.05, 4.69) is 15.3 Å². The minimum Gasteiger partial charge on any atom is -0.480 e. The minimum absolute atomic E-state index is 0.204. The van der Waals surface area contributed by atoms with E-state index >= 15 is 0 Å². The van der Waals surface area contributed by atoms with Crippen molar-refractivity contribution in [3.05, 3.63) is 18.2 Å². The van der Waals surface area contributed by atoms with Crippen LogP contribution in [-0.4, -0.2) is 45.0 Å². The maximum absolute atomic E-state index is 11.3. The fourth-order valence-corrected chi connectivity index (χ4v) is 1.53. The molecule has 1 aromatic rings. The highest BCUT2D eigenvalue weighted by molar-refractivity contribution is 7.99. The molecule has 0 unspecified atom stereocenters. The van der Waals surface area contributed by atoms with Crippen molar-refractivity contribution < 1.29 is 14.7 Å². The normalized spacial score (nSPS) is 12.1. The molecule has 16 heavy (non-hydrogen) atoms. The number of carboxylic acid groups (broad SMARTS) is 1. The number of hydrogen-bond donors (Lipinski definition) is 3. The highest BCUT2D eigenvalue weighted by Gasteiger charge is 2.20. The average molecular weight is 243 g/mol. The van der Waals surface area contributed by atoms with Crippen molar-refractivity contribution in [2.75, 3.05) is 12.0 Å². The largest absolute Gasteiger partial charge is 0.480 e. The monoisotopic (exact) mass is 243 g/mol. The second-order valence-corrected chi connectivity index (χ2v) is 4.04. The first-order chi connectivity index (χ1) is 7.63. The molecule has 0 fully saturated rings. The van der Waals surface area contributed by atoms with Gasteiger partial charge < -0.3 is 15.4 Å². The molecule has 0 radical (unpaired) electrons. The smallest absolute Gasteiger partial charge is 0.326 e. The quantitative estimate of drug-likeness (QED) is 0.647. The number of H-pyrrole nitrogens is 1. The summed E-state index contributed by atoms with van der Waals surface area (Å²) in [5.74, 6) is -1.07. The van der Waals surface area contributed by atoms with Gasteiger partial charge in [-0.1, -0.05) is 0 Å². The highest BCUT2D eigenvalue weighted by Crippen LogP contribution is 2.00. The van der Waals surface area contributed by atoms with Gasteiger partial charge in [0.25, 0.3) is 0 Å².